The van der Waals surface area contributed by atoms with E-state index in [9.17, 15) is 14.7 Å². The molecule has 0 aromatic rings. The van der Waals surface area contributed by atoms with Crippen molar-refractivity contribution in [3.63, 3.8) is 0 Å². The normalized spacial score (nSPS) is 17.9. The Morgan fingerprint density at radius 2 is 1.83 bits per heavy atom. The Labute approximate surface area is 183 Å². The van der Waals surface area contributed by atoms with Gasteiger partial charge in [-0.1, -0.05) is 73.5 Å². The number of aliphatic hydroxyl groups excluding tert-OH is 1. The maximum atomic E-state index is 12.0. The molecule has 2 unspecified atom stereocenters. The zero-order valence-corrected chi connectivity index (χ0v) is 18.8. The third-order valence-corrected chi connectivity index (χ3v) is 5.02. The number of halogens is 2. The number of ketones is 1. The van der Waals surface area contributed by atoms with Crippen molar-refractivity contribution >= 4 is 34.9 Å². The molecule has 0 aromatic carbocycles. The van der Waals surface area contributed by atoms with Gasteiger partial charge in [0.1, 0.15) is 6.10 Å². The first kappa shape index (κ1) is 25.6. The van der Waals surface area contributed by atoms with Crippen molar-refractivity contribution in [2.75, 3.05) is 0 Å². The minimum Gasteiger partial charge on any atom is -0.366 e. The lowest BCUT2D eigenvalue weighted by Gasteiger charge is -2.24. The van der Waals surface area contributed by atoms with Crippen molar-refractivity contribution in [2.45, 2.75) is 77.7 Å². The summed E-state index contributed by atoms with van der Waals surface area (Å²) in [7, 11) is 0. The summed E-state index contributed by atoms with van der Waals surface area (Å²) in [5, 5.41) is 12.6. The van der Waals surface area contributed by atoms with Gasteiger partial charge in [-0.05, 0) is 38.8 Å². The fourth-order valence-electron chi connectivity index (χ4n) is 2.66. The molecule has 29 heavy (non-hydrogen) atoms. The van der Waals surface area contributed by atoms with Crippen molar-refractivity contribution in [3.05, 3.63) is 46.0 Å². The maximum absolute atomic E-state index is 12.0. The first-order valence-electron chi connectivity index (χ1n) is 10.0. The van der Waals surface area contributed by atoms with Crippen LogP contribution >= 0.6 is 23.2 Å². The van der Waals surface area contributed by atoms with Gasteiger partial charge in [-0.25, -0.2) is 0 Å². The first-order valence-corrected chi connectivity index (χ1v) is 10.8. The highest BCUT2D eigenvalue weighted by molar-refractivity contribution is 6.54. The fraction of sp³-hybridized carbons (Fsp3) is 0.545. The highest BCUT2D eigenvalue weighted by Crippen LogP contribution is 2.23. The predicted molar refractivity (Wildman–Crippen MR) is 118 cm³/mol. The fourth-order valence-corrected chi connectivity index (χ4v) is 3.16. The molecule has 1 aliphatic rings. The van der Waals surface area contributed by atoms with Crippen molar-refractivity contribution in [3.8, 4) is 0 Å². The van der Waals surface area contributed by atoms with Crippen molar-refractivity contribution < 1.29 is 19.4 Å². The smallest absolute Gasteiger partial charge is 0.244 e. The lowest BCUT2D eigenvalue weighted by Crippen LogP contribution is -2.43. The van der Waals surface area contributed by atoms with E-state index >= 15 is 0 Å². The van der Waals surface area contributed by atoms with E-state index in [-0.39, 0.29) is 16.0 Å². The third kappa shape index (κ3) is 10.3. The molecule has 7 heteroatoms. The van der Waals surface area contributed by atoms with Gasteiger partial charge >= 0.3 is 0 Å². The molecule has 1 aliphatic carbocycles. The van der Waals surface area contributed by atoms with Crippen molar-refractivity contribution in [1.29, 1.82) is 0 Å². The van der Waals surface area contributed by atoms with Crippen LogP contribution < -0.4 is 5.32 Å². The molecule has 162 valence electrons. The van der Waals surface area contributed by atoms with E-state index in [1.54, 1.807) is 13.0 Å². The highest BCUT2D eigenvalue weighted by Gasteiger charge is 2.25. The number of hydrogen-bond donors (Lipinski definition) is 2. The van der Waals surface area contributed by atoms with E-state index in [0.29, 0.717) is 0 Å². The van der Waals surface area contributed by atoms with Crippen LogP contribution in [0, 0.1) is 0 Å². The van der Waals surface area contributed by atoms with Gasteiger partial charge in [-0.15, -0.1) is 0 Å². The van der Waals surface area contributed by atoms with Crippen LogP contribution in [0.3, 0.4) is 0 Å². The van der Waals surface area contributed by atoms with Crippen LogP contribution in [0.4, 0.5) is 0 Å². The second-order valence-corrected chi connectivity index (χ2v) is 7.95. The lowest BCUT2D eigenvalue weighted by atomic mass is 10.1. The van der Waals surface area contributed by atoms with Crippen LogP contribution in [0.15, 0.2) is 46.0 Å². The number of aliphatic hydroxyl groups is 1. The molecule has 0 aromatic heterocycles. The molecule has 2 N–H and O–H groups in total. The molecule has 1 amide bonds. The summed E-state index contributed by atoms with van der Waals surface area (Å²) in [5.41, 5.74) is 1.02. The largest absolute Gasteiger partial charge is 0.366 e. The number of unbranched alkanes of at least 4 members (excludes halogenated alkanes) is 5. The molecule has 0 spiro atoms. The van der Waals surface area contributed by atoms with Crippen LogP contribution in [0.1, 0.15) is 59.3 Å². The predicted octanol–water partition coefficient (Wildman–Crippen LogP) is 4.89. The van der Waals surface area contributed by atoms with E-state index < -0.39 is 24.2 Å². The van der Waals surface area contributed by atoms with Crippen LogP contribution in [-0.2, 0) is 14.3 Å². The quantitative estimate of drug-likeness (QED) is 0.195. The van der Waals surface area contributed by atoms with Gasteiger partial charge in [-0.2, -0.15) is 0 Å². The average Bonchev–Trinajstić information content (AvgIpc) is 2.67. The zero-order chi connectivity index (χ0) is 21.8. The molecule has 0 bridgehead atoms. The molecule has 0 fully saturated rings. The van der Waals surface area contributed by atoms with Crippen LogP contribution in [-0.4, -0.2) is 35.2 Å². The monoisotopic (exact) mass is 443 g/mol. The molecule has 0 heterocycles. The summed E-state index contributed by atoms with van der Waals surface area (Å²) in [4.78, 5) is 23.5. The number of allylic oxidation sites excluding steroid dienone is 5. The van der Waals surface area contributed by atoms with Gasteiger partial charge < -0.3 is 15.2 Å². The van der Waals surface area contributed by atoms with Gasteiger partial charge in [0.15, 0.2) is 6.29 Å². The summed E-state index contributed by atoms with van der Waals surface area (Å²) >= 11 is 11.6. The highest BCUT2D eigenvalue weighted by atomic mass is 35.5. The number of carbonyl (C=O) groups is 2. The van der Waals surface area contributed by atoms with E-state index in [4.69, 9.17) is 27.9 Å². The Morgan fingerprint density at radius 3 is 2.45 bits per heavy atom. The van der Waals surface area contributed by atoms with E-state index in [2.05, 4.69) is 18.3 Å². The Kier molecular flexibility index (Phi) is 12.2. The summed E-state index contributed by atoms with van der Waals surface area (Å²) in [6.45, 7) is 5.76. The van der Waals surface area contributed by atoms with Gasteiger partial charge in [0.25, 0.3) is 0 Å². The molecule has 0 saturated carbocycles. The Bertz CT molecular complexity index is 660. The van der Waals surface area contributed by atoms with Crippen LogP contribution in [0.2, 0.25) is 0 Å². The first-order chi connectivity index (χ1) is 13.7. The molecule has 0 saturated heterocycles. The number of ether oxygens (including phenoxy) is 1. The Balaban J connectivity index is 2.40. The van der Waals surface area contributed by atoms with Crippen molar-refractivity contribution in [1.82, 2.24) is 5.32 Å². The van der Waals surface area contributed by atoms with Crippen LogP contribution in [0.5, 0.6) is 0 Å². The molecule has 0 aliphatic heterocycles. The number of Topliss-reactive ketones (excluding diaryl/α,β-unsaturated/α-hetero) is 1. The van der Waals surface area contributed by atoms with Crippen LogP contribution in [0.25, 0.3) is 0 Å². The SMILES string of the molecule is CCCCCCC/C=C(C)/C=C/C(=O)NC(C)C(O)OC1C=C(Cl)C(=O)C(Cl)=C1. The standard InChI is InChI=1S/C22H31Cl2NO4/c1-4-5-6-7-8-9-10-15(2)11-12-20(26)25-16(3)22(28)29-17-13-18(23)21(27)19(24)14-17/h10-14,16-17,22,28H,4-9H2,1-3H3,(H,25,26)/b12-11+,15-10+. The average molecular weight is 444 g/mol. The number of rotatable bonds is 12. The summed E-state index contributed by atoms with van der Waals surface area (Å²) in [6.07, 6.45) is 13.1. The van der Waals surface area contributed by atoms with Gasteiger partial charge in [0, 0.05) is 6.08 Å². The summed E-state index contributed by atoms with van der Waals surface area (Å²) < 4.78 is 5.39. The second-order valence-electron chi connectivity index (χ2n) is 7.13. The molecule has 5 nitrogen and oxygen atoms in total. The van der Waals surface area contributed by atoms with E-state index in [0.717, 1.165) is 18.4 Å². The van der Waals surface area contributed by atoms with E-state index in [1.165, 1.54) is 43.9 Å². The van der Waals surface area contributed by atoms with Gasteiger partial charge in [0.05, 0.1) is 16.1 Å². The molecule has 1 rings (SSSR count). The Hall–Kier alpha value is -1.40. The number of nitrogens with one attached hydrogen (secondary N) is 1. The summed E-state index contributed by atoms with van der Waals surface area (Å²) in [5.74, 6) is -0.824. The second kappa shape index (κ2) is 13.8. The Morgan fingerprint density at radius 1 is 1.21 bits per heavy atom. The topological polar surface area (TPSA) is 75.6 Å². The number of carbonyl (C=O) groups excluding carboxylic acids is 2. The van der Waals surface area contributed by atoms with Gasteiger partial charge in [-0.3, -0.25) is 9.59 Å². The van der Waals surface area contributed by atoms with Gasteiger partial charge in [0.2, 0.25) is 11.7 Å². The number of hydrogen-bond acceptors (Lipinski definition) is 4. The minimum atomic E-state index is -1.30. The van der Waals surface area contributed by atoms with Crippen molar-refractivity contribution in [2.24, 2.45) is 0 Å². The molecule has 0 radical (unpaired) electrons. The summed E-state index contributed by atoms with van der Waals surface area (Å²) in [6, 6.07) is -0.674. The third-order valence-electron chi connectivity index (χ3n) is 4.42. The lowest BCUT2D eigenvalue weighted by molar-refractivity contribution is -0.137. The zero-order valence-electron chi connectivity index (χ0n) is 17.3. The number of amides is 1. The minimum absolute atomic E-state index is 0.0676. The molecule has 2 atom stereocenters. The maximum Gasteiger partial charge on any atom is 0.244 e. The van der Waals surface area contributed by atoms with E-state index in [1.807, 2.05) is 6.92 Å². The molecular formula is C22H31Cl2NO4. The molecular weight excluding hydrogens is 413 g/mol.